The molecule has 2 atom stereocenters. The van der Waals surface area contributed by atoms with Gasteiger partial charge in [0.2, 0.25) is 5.91 Å². The van der Waals surface area contributed by atoms with Crippen LogP contribution in [-0.4, -0.2) is 50.1 Å². The van der Waals surface area contributed by atoms with Crippen LogP contribution in [0.15, 0.2) is 0 Å². The first-order chi connectivity index (χ1) is 10.5. The summed E-state index contributed by atoms with van der Waals surface area (Å²) in [5.41, 5.74) is 0. The maximum Gasteiger partial charge on any atom is 0.337 e. The van der Waals surface area contributed by atoms with Gasteiger partial charge in [-0.25, -0.2) is 9.59 Å². The summed E-state index contributed by atoms with van der Waals surface area (Å²) in [6, 6.07) is -1.02. The average Bonchev–Trinajstić information content (AvgIpc) is 2.91. The summed E-state index contributed by atoms with van der Waals surface area (Å²) < 4.78 is 0. The van der Waals surface area contributed by atoms with Crippen molar-refractivity contribution in [2.75, 3.05) is 5.75 Å². The number of carboxylic acids is 2. The van der Waals surface area contributed by atoms with Gasteiger partial charge in [0.05, 0.1) is 0 Å². The molecule has 0 aromatic heterocycles. The Hall–Kier alpha value is -1.24. The molecule has 1 fully saturated rings. The lowest BCUT2D eigenvalue weighted by Gasteiger charge is -2.24. The molecule has 0 bridgehead atoms. The smallest absolute Gasteiger partial charge is 0.337 e. The lowest BCUT2D eigenvalue weighted by atomic mass is 10.1. The summed E-state index contributed by atoms with van der Waals surface area (Å²) in [6.07, 6.45) is 7.67. The van der Waals surface area contributed by atoms with Crippen molar-refractivity contribution in [2.45, 2.75) is 69.7 Å². The zero-order valence-electron chi connectivity index (χ0n) is 13.0. The first-order valence-corrected chi connectivity index (χ1v) is 8.92. The van der Waals surface area contributed by atoms with Crippen LogP contribution in [0.2, 0.25) is 0 Å². The van der Waals surface area contributed by atoms with Crippen molar-refractivity contribution in [3.63, 3.8) is 0 Å². The number of carbonyl (C=O) groups excluding carboxylic acids is 1. The molecule has 2 N–H and O–H groups in total. The van der Waals surface area contributed by atoms with Gasteiger partial charge in [-0.1, -0.05) is 45.4 Å². The van der Waals surface area contributed by atoms with Crippen molar-refractivity contribution in [3.8, 4) is 0 Å². The van der Waals surface area contributed by atoms with E-state index in [-0.39, 0.29) is 18.1 Å². The normalized spacial score (nSPS) is 21.0. The van der Waals surface area contributed by atoms with E-state index in [2.05, 4.69) is 6.92 Å². The predicted molar refractivity (Wildman–Crippen MR) is 84.8 cm³/mol. The molecular weight excluding hydrogens is 306 g/mol. The van der Waals surface area contributed by atoms with Crippen LogP contribution in [0.4, 0.5) is 0 Å². The number of aliphatic carboxylic acids is 2. The molecule has 126 valence electrons. The van der Waals surface area contributed by atoms with Crippen LogP contribution in [0, 0.1) is 0 Å². The van der Waals surface area contributed by atoms with E-state index in [1.165, 1.54) is 19.3 Å². The first-order valence-electron chi connectivity index (χ1n) is 7.87. The fourth-order valence-electron chi connectivity index (χ4n) is 2.55. The molecule has 0 saturated carbocycles. The zero-order valence-corrected chi connectivity index (χ0v) is 13.8. The van der Waals surface area contributed by atoms with E-state index in [9.17, 15) is 14.4 Å². The Balaban J connectivity index is 2.40. The first kappa shape index (κ1) is 18.8. The summed E-state index contributed by atoms with van der Waals surface area (Å²) in [6.45, 7) is 2.16. The highest BCUT2D eigenvalue weighted by Gasteiger charge is 2.44. The van der Waals surface area contributed by atoms with Gasteiger partial charge in [0.25, 0.3) is 0 Å². The Bertz CT molecular complexity index is 379. The summed E-state index contributed by atoms with van der Waals surface area (Å²) in [4.78, 5) is 35.5. The molecule has 0 aliphatic carbocycles. The minimum Gasteiger partial charge on any atom is -0.480 e. The molecule has 1 aliphatic rings. The van der Waals surface area contributed by atoms with E-state index in [0.717, 1.165) is 35.9 Å². The van der Waals surface area contributed by atoms with E-state index >= 15 is 0 Å². The standard InChI is InChI=1S/C15H25NO5S/c1-2-3-4-5-6-7-8-9-12(17)16-11(14(18)19)10-22-13(16)15(20)21/h11,13H,2-10H2,1H3,(H,18,19)(H,20,21). The van der Waals surface area contributed by atoms with Crippen LogP contribution in [0.25, 0.3) is 0 Å². The van der Waals surface area contributed by atoms with E-state index in [4.69, 9.17) is 10.2 Å². The molecule has 1 saturated heterocycles. The highest BCUT2D eigenvalue weighted by Crippen LogP contribution is 2.30. The minimum absolute atomic E-state index is 0.134. The van der Waals surface area contributed by atoms with Crippen molar-refractivity contribution in [2.24, 2.45) is 0 Å². The molecule has 22 heavy (non-hydrogen) atoms. The second-order valence-electron chi connectivity index (χ2n) is 5.55. The monoisotopic (exact) mass is 331 g/mol. The van der Waals surface area contributed by atoms with Gasteiger partial charge >= 0.3 is 11.9 Å². The van der Waals surface area contributed by atoms with Gasteiger partial charge in [-0.15, -0.1) is 11.8 Å². The van der Waals surface area contributed by atoms with Gasteiger partial charge < -0.3 is 15.1 Å². The number of hydrogen-bond donors (Lipinski definition) is 2. The van der Waals surface area contributed by atoms with Gasteiger partial charge in [0, 0.05) is 12.2 Å². The second kappa shape index (κ2) is 9.71. The third-order valence-electron chi connectivity index (χ3n) is 3.78. The van der Waals surface area contributed by atoms with E-state index < -0.39 is 23.4 Å². The maximum absolute atomic E-state index is 12.2. The van der Waals surface area contributed by atoms with Crippen molar-refractivity contribution in [1.29, 1.82) is 0 Å². The SMILES string of the molecule is CCCCCCCCCC(=O)N1C(C(=O)O)CSC1C(=O)O. The van der Waals surface area contributed by atoms with Crippen molar-refractivity contribution >= 4 is 29.6 Å². The molecule has 1 amide bonds. The minimum atomic E-state index is -1.15. The number of rotatable bonds is 10. The quantitative estimate of drug-likeness (QED) is 0.597. The average molecular weight is 331 g/mol. The summed E-state index contributed by atoms with van der Waals surface area (Å²) in [5.74, 6) is -2.51. The highest BCUT2D eigenvalue weighted by atomic mass is 32.2. The van der Waals surface area contributed by atoms with Crippen molar-refractivity contribution in [3.05, 3.63) is 0 Å². The number of nitrogens with zero attached hydrogens (tertiary/aromatic N) is 1. The molecule has 0 radical (unpaired) electrons. The van der Waals surface area contributed by atoms with Crippen molar-refractivity contribution in [1.82, 2.24) is 4.90 Å². The lowest BCUT2D eigenvalue weighted by molar-refractivity contribution is -0.153. The molecule has 0 spiro atoms. The number of thioether (sulfide) groups is 1. The van der Waals surface area contributed by atoms with Crippen molar-refractivity contribution < 1.29 is 24.6 Å². The molecule has 0 aromatic carbocycles. The molecular formula is C15H25NO5S. The van der Waals surface area contributed by atoms with Crippen LogP contribution < -0.4 is 0 Å². The van der Waals surface area contributed by atoms with Crippen LogP contribution in [0.1, 0.15) is 58.3 Å². The van der Waals surface area contributed by atoms with Gasteiger partial charge in [-0.05, 0) is 6.42 Å². The largest absolute Gasteiger partial charge is 0.480 e. The van der Waals surface area contributed by atoms with E-state index in [1.807, 2.05) is 0 Å². The topological polar surface area (TPSA) is 94.9 Å². The van der Waals surface area contributed by atoms with Gasteiger partial charge in [0.1, 0.15) is 6.04 Å². The molecule has 1 heterocycles. The number of hydrogen-bond acceptors (Lipinski definition) is 4. The fraction of sp³-hybridized carbons (Fsp3) is 0.800. The predicted octanol–water partition coefficient (Wildman–Crippen LogP) is 2.57. The van der Waals surface area contributed by atoms with Crippen LogP contribution >= 0.6 is 11.8 Å². The van der Waals surface area contributed by atoms with E-state index in [1.54, 1.807) is 0 Å². The Morgan fingerprint density at radius 2 is 1.59 bits per heavy atom. The number of carbonyl (C=O) groups is 3. The van der Waals surface area contributed by atoms with Crippen LogP contribution in [0.5, 0.6) is 0 Å². The summed E-state index contributed by atoms with van der Waals surface area (Å²) in [5, 5.41) is 17.2. The Morgan fingerprint density at radius 1 is 1.00 bits per heavy atom. The van der Waals surface area contributed by atoms with E-state index in [0.29, 0.717) is 6.42 Å². The fourth-order valence-corrected chi connectivity index (χ4v) is 3.79. The molecule has 1 rings (SSSR count). The molecule has 0 aromatic rings. The molecule has 2 unspecified atom stereocenters. The number of amides is 1. The zero-order chi connectivity index (χ0) is 16.5. The highest BCUT2D eigenvalue weighted by molar-refractivity contribution is 8.00. The van der Waals surface area contributed by atoms with Gasteiger partial charge in [0.15, 0.2) is 5.37 Å². The second-order valence-corrected chi connectivity index (χ2v) is 6.66. The van der Waals surface area contributed by atoms with Gasteiger partial charge in [-0.2, -0.15) is 0 Å². The Kier molecular flexibility index (Phi) is 8.30. The molecule has 7 heteroatoms. The number of unbranched alkanes of at least 4 members (excludes halogenated alkanes) is 6. The maximum atomic E-state index is 12.2. The Morgan fingerprint density at radius 3 is 2.14 bits per heavy atom. The van der Waals surface area contributed by atoms with Crippen LogP contribution in [-0.2, 0) is 14.4 Å². The third-order valence-corrected chi connectivity index (χ3v) is 5.03. The summed E-state index contributed by atoms with van der Waals surface area (Å²) >= 11 is 1.00. The van der Waals surface area contributed by atoms with Crippen LogP contribution in [0.3, 0.4) is 0 Å². The van der Waals surface area contributed by atoms with Gasteiger partial charge in [-0.3, -0.25) is 4.79 Å². The third kappa shape index (κ3) is 5.51. The Labute approximate surface area is 135 Å². The molecule has 1 aliphatic heterocycles. The summed E-state index contributed by atoms with van der Waals surface area (Å²) in [7, 11) is 0. The number of carboxylic acid groups (broad SMARTS) is 2. The molecule has 6 nitrogen and oxygen atoms in total. The lowest BCUT2D eigenvalue weighted by Crippen LogP contribution is -2.48.